The molecular formula is C21H31NO3. The van der Waals surface area contributed by atoms with Gasteiger partial charge in [-0.25, -0.2) is 0 Å². The molecule has 0 heterocycles. The van der Waals surface area contributed by atoms with Crippen LogP contribution < -0.4 is 4.74 Å². The van der Waals surface area contributed by atoms with Crippen molar-refractivity contribution in [3.63, 3.8) is 0 Å². The van der Waals surface area contributed by atoms with E-state index in [1.165, 1.54) is 16.7 Å². The molecule has 3 rings (SSSR count). The molecular weight excluding hydrogens is 314 g/mol. The summed E-state index contributed by atoms with van der Waals surface area (Å²) >= 11 is 0. The van der Waals surface area contributed by atoms with Gasteiger partial charge in [-0.3, -0.25) is 0 Å². The Morgan fingerprint density at radius 2 is 2.00 bits per heavy atom. The zero-order chi connectivity index (χ0) is 18.4. The van der Waals surface area contributed by atoms with Crippen LogP contribution in [0.2, 0.25) is 0 Å². The summed E-state index contributed by atoms with van der Waals surface area (Å²) in [5, 5.41) is 23.6. The SMILES string of the molecule is COc1cc2c(cc1C(C)C)C[C@@H](O)[C@H]1[C@@](C)(/C=N/O)CCC[C@]21C. The molecule has 0 saturated heterocycles. The van der Waals surface area contributed by atoms with E-state index in [0.717, 1.165) is 25.0 Å². The van der Waals surface area contributed by atoms with Gasteiger partial charge in [0, 0.05) is 17.5 Å². The van der Waals surface area contributed by atoms with Gasteiger partial charge in [0.1, 0.15) is 5.75 Å². The summed E-state index contributed by atoms with van der Waals surface area (Å²) in [6.07, 6.45) is 4.87. The molecule has 1 fully saturated rings. The average Bonchev–Trinajstić information content (AvgIpc) is 2.53. The van der Waals surface area contributed by atoms with Crippen LogP contribution in [-0.2, 0) is 11.8 Å². The number of aliphatic hydroxyl groups excluding tert-OH is 1. The molecule has 138 valence electrons. The van der Waals surface area contributed by atoms with Crippen molar-refractivity contribution in [3.8, 4) is 5.75 Å². The number of ether oxygens (including phenoxy) is 1. The largest absolute Gasteiger partial charge is 0.496 e. The molecule has 0 spiro atoms. The second-order valence-corrected chi connectivity index (χ2v) is 8.68. The first kappa shape index (κ1) is 18.2. The summed E-state index contributed by atoms with van der Waals surface area (Å²) in [5.41, 5.74) is 3.28. The number of aliphatic hydroxyl groups is 1. The molecule has 2 aliphatic carbocycles. The highest BCUT2D eigenvalue weighted by molar-refractivity contribution is 5.67. The number of rotatable bonds is 3. The predicted molar refractivity (Wildman–Crippen MR) is 99.9 cm³/mol. The molecule has 4 atom stereocenters. The molecule has 25 heavy (non-hydrogen) atoms. The Hall–Kier alpha value is -1.55. The van der Waals surface area contributed by atoms with E-state index >= 15 is 0 Å². The lowest BCUT2D eigenvalue weighted by Crippen LogP contribution is -2.56. The number of methoxy groups -OCH3 is 1. The lowest BCUT2D eigenvalue weighted by Gasteiger charge is -2.56. The maximum atomic E-state index is 11.1. The monoisotopic (exact) mass is 345 g/mol. The van der Waals surface area contributed by atoms with Crippen LogP contribution >= 0.6 is 0 Å². The second kappa shape index (κ2) is 6.31. The molecule has 1 aromatic rings. The number of benzene rings is 1. The van der Waals surface area contributed by atoms with E-state index in [1.54, 1.807) is 13.3 Å². The minimum absolute atomic E-state index is 0.0340. The molecule has 0 aromatic heterocycles. The van der Waals surface area contributed by atoms with E-state index in [1.807, 2.05) is 0 Å². The van der Waals surface area contributed by atoms with Gasteiger partial charge < -0.3 is 15.1 Å². The molecule has 0 radical (unpaired) electrons. The maximum absolute atomic E-state index is 11.1. The van der Waals surface area contributed by atoms with Gasteiger partial charge in [-0.15, -0.1) is 5.16 Å². The predicted octanol–water partition coefficient (Wildman–Crippen LogP) is 4.26. The molecule has 1 saturated carbocycles. The van der Waals surface area contributed by atoms with Crippen molar-refractivity contribution in [2.75, 3.05) is 7.11 Å². The Balaban J connectivity index is 2.18. The zero-order valence-corrected chi connectivity index (χ0v) is 16.0. The molecule has 0 bridgehead atoms. The summed E-state index contributed by atoms with van der Waals surface area (Å²) in [5.74, 6) is 1.35. The maximum Gasteiger partial charge on any atom is 0.122 e. The van der Waals surface area contributed by atoms with Crippen LogP contribution in [-0.4, -0.2) is 29.7 Å². The van der Waals surface area contributed by atoms with E-state index in [-0.39, 0.29) is 16.7 Å². The molecule has 4 heteroatoms. The third kappa shape index (κ3) is 2.75. The third-order valence-electron chi connectivity index (χ3n) is 6.67. The van der Waals surface area contributed by atoms with Gasteiger partial charge in [0.15, 0.2) is 0 Å². The quantitative estimate of drug-likeness (QED) is 0.489. The minimum Gasteiger partial charge on any atom is -0.496 e. The van der Waals surface area contributed by atoms with E-state index < -0.39 is 6.10 Å². The van der Waals surface area contributed by atoms with Gasteiger partial charge in [0.2, 0.25) is 0 Å². The van der Waals surface area contributed by atoms with Gasteiger partial charge in [-0.05, 0) is 53.4 Å². The van der Waals surface area contributed by atoms with Crippen LogP contribution in [0.5, 0.6) is 5.75 Å². The summed E-state index contributed by atoms with van der Waals surface area (Å²) in [7, 11) is 1.73. The Labute approximate surface area is 150 Å². The summed E-state index contributed by atoms with van der Waals surface area (Å²) in [4.78, 5) is 0. The van der Waals surface area contributed by atoms with E-state index in [4.69, 9.17) is 4.74 Å². The van der Waals surface area contributed by atoms with Gasteiger partial charge in [-0.2, -0.15) is 0 Å². The number of nitrogens with zero attached hydrogens (tertiary/aromatic N) is 1. The molecule has 0 amide bonds. The van der Waals surface area contributed by atoms with Gasteiger partial charge in [-0.1, -0.05) is 40.2 Å². The van der Waals surface area contributed by atoms with Crippen LogP contribution in [0.15, 0.2) is 17.3 Å². The normalized spacial score (nSPS) is 34.8. The van der Waals surface area contributed by atoms with Crippen LogP contribution in [0.3, 0.4) is 0 Å². The van der Waals surface area contributed by atoms with Crippen molar-refractivity contribution in [1.29, 1.82) is 0 Å². The first-order valence-corrected chi connectivity index (χ1v) is 9.35. The van der Waals surface area contributed by atoms with Crippen LogP contribution in [0.4, 0.5) is 0 Å². The highest BCUT2D eigenvalue weighted by Crippen LogP contribution is 2.57. The number of hydrogen-bond donors (Lipinski definition) is 2. The molecule has 0 aliphatic heterocycles. The third-order valence-corrected chi connectivity index (χ3v) is 6.67. The van der Waals surface area contributed by atoms with Crippen molar-refractivity contribution < 1.29 is 15.1 Å². The molecule has 4 nitrogen and oxygen atoms in total. The van der Waals surface area contributed by atoms with Crippen molar-refractivity contribution >= 4 is 6.21 Å². The first-order valence-electron chi connectivity index (χ1n) is 9.35. The summed E-state index contributed by atoms with van der Waals surface area (Å²) < 4.78 is 5.69. The van der Waals surface area contributed by atoms with Crippen LogP contribution in [0.1, 0.15) is 69.6 Å². The lowest BCUT2D eigenvalue weighted by molar-refractivity contribution is -0.0303. The molecule has 2 aliphatic rings. The van der Waals surface area contributed by atoms with Crippen molar-refractivity contribution in [2.24, 2.45) is 16.5 Å². The highest BCUT2D eigenvalue weighted by Gasteiger charge is 2.55. The number of oxime groups is 1. The molecule has 2 N–H and O–H groups in total. The summed E-state index contributed by atoms with van der Waals surface area (Å²) in [6.45, 7) is 8.71. The molecule has 0 unspecified atom stereocenters. The standard InChI is InChI=1S/C21H31NO3/c1-13(2)15-9-14-10-17(23)19-20(3,12-22-24)7-6-8-21(19,4)16(14)11-18(15)25-5/h9,11-13,17,19,23-24H,6-8,10H2,1-5H3/b22-12+/t17-,19+,20-,21-/m1/s1. The number of hydrogen-bond acceptors (Lipinski definition) is 4. The van der Waals surface area contributed by atoms with Gasteiger partial charge in [0.05, 0.1) is 13.2 Å². The van der Waals surface area contributed by atoms with Gasteiger partial charge in [0.25, 0.3) is 0 Å². The second-order valence-electron chi connectivity index (χ2n) is 8.68. The van der Waals surface area contributed by atoms with Crippen LogP contribution in [0.25, 0.3) is 0 Å². The topological polar surface area (TPSA) is 62.0 Å². The van der Waals surface area contributed by atoms with Crippen LogP contribution in [0, 0.1) is 11.3 Å². The fourth-order valence-electron chi connectivity index (χ4n) is 5.63. The van der Waals surface area contributed by atoms with Crippen molar-refractivity contribution in [1.82, 2.24) is 0 Å². The average molecular weight is 345 g/mol. The summed E-state index contributed by atoms with van der Waals surface area (Å²) in [6, 6.07) is 4.43. The van der Waals surface area contributed by atoms with Crippen molar-refractivity contribution in [2.45, 2.75) is 70.8 Å². The van der Waals surface area contributed by atoms with Crippen molar-refractivity contribution in [3.05, 3.63) is 28.8 Å². The minimum atomic E-state index is -0.436. The zero-order valence-electron chi connectivity index (χ0n) is 16.0. The fourth-order valence-corrected chi connectivity index (χ4v) is 5.63. The Bertz CT molecular complexity index is 684. The first-order chi connectivity index (χ1) is 11.8. The smallest absolute Gasteiger partial charge is 0.122 e. The van der Waals surface area contributed by atoms with E-state index in [0.29, 0.717) is 12.3 Å². The Morgan fingerprint density at radius 3 is 2.60 bits per heavy atom. The highest BCUT2D eigenvalue weighted by atomic mass is 16.5. The Kier molecular flexibility index (Phi) is 4.61. The van der Waals surface area contributed by atoms with E-state index in [2.05, 4.69) is 45.0 Å². The fraction of sp³-hybridized carbons (Fsp3) is 0.667. The van der Waals surface area contributed by atoms with E-state index in [9.17, 15) is 10.3 Å². The molecule has 1 aromatic carbocycles. The van der Waals surface area contributed by atoms with Gasteiger partial charge >= 0.3 is 0 Å². The lowest BCUT2D eigenvalue weighted by atomic mass is 9.49. The number of fused-ring (bicyclic) bond motifs is 3. The Morgan fingerprint density at radius 1 is 1.28 bits per heavy atom.